The van der Waals surface area contributed by atoms with Crippen LogP contribution in [0.5, 0.6) is 0 Å². The second kappa shape index (κ2) is 5.74. The molecule has 0 aromatic heterocycles. The van der Waals surface area contributed by atoms with Crippen LogP contribution in [-0.2, 0) is 17.7 Å². The summed E-state index contributed by atoms with van der Waals surface area (Å²) in [4.78, 5) is 0. The van der Waals surface area contributed by atoms with Gasteiger partial charge in [0.1, 0.15) is 6.23 Å². The number of hydrogen-bond acceptors (Lipinski definition) is 4. The van der Waals surface area contributed by atoms with Crippen LogP contribution in [0.25, 0.3) is 0 Å². The van der Waals surface area contributed by atoms with Gasteiger partial charge in [0.2, 0.25) is 0 Å². The molecular formula is C10H26O4Si2. The van der Waals surface area contributed by atoms with Gasteiger partial charge in [0, 0.05) is 21.3 Å². The van der Waals surface area contributed by atoms with Crippen LogP contribution < -0.4 is 0 Å². The van der Waals surface area contributed by atoms with E-state index in [9.17, 15) is 0 Å². The van der Waals surface area contributed by atoms with Crippen molar-refractivity contribution < 1.29 is 17.7 Å². The lowest BCUT2D eigenvalue weighted by molar-refractivity contribution is 0.0973. The van der Waals surface area contributed by atoms with Crippen molar-refractivity contribution in [1.82, 2.24) is 0 Å². The minimum absolute atomic E-state index is 0.183. The molecule has 6 heteroatoms. The van der Waals surface area contributed by atoms with E-state index in [1.165, 1.54) is 0 Å². The molecule has 0 N–H and O–H groups in total. The van der Waals surface area contributed by atoms with Crippen LogP contribution in [0.3, 0.4) is 0 Å². The Bertz CT molecular complexity index is 199. The van der Waals surface area contributed by atoms with Crippen LogP contribution in [0.15, 0.2) is 0 Å². The van der Waals surface area contributed by atoms with Crippen molar-refractivity contribution in [3.63, 3.8) is 0 Å². The fraction of sp³-hybridized carbons (Fsp3) is 1.00. The zero-order valence-electron chi connectivity index (χ0n) is 11.8. The molecule has 0 radical (unpaired) electrons. The average molecular weight is 266 g/mol. The van der Waals surface area contributed by atoms with E-state index in [1.54, 1.807) is 21.3 Å². The Balaban J connectivity index is 4.54. The quantitative estimate of drug-likeness (QED) is 0.692. The third-order valence-electron chi connectivity index (χ3n) is 3.35. The van der Waals surface area contributed by atoms with Gasteiger partial charge in [-0.15, -0.1) is 0 Å². The number of rotatable bonds is 6. The molecule has 0 amide bonds. The summed E-state index contributed by atoms with van der Waals surface area (Å²) in [5.74, 6) is 0. The Morgan fingerprint density at radius 1 is 0.875 bits per heavy atom. The van der Waals surface area contributed by atoms with Gasteiger partial charge in [-0.25, -0.2) is 0 Å². The third-order valence-corrected chi connectivity index (χ3v) is 10.5. The highest BCUT2D eigenvalue weighted by Crippen LogP contribution is 2.36. The van der Waals surface area contributed by atoms with Crippen molar-refractivity contribution in [2.75, 3.05) is 27.6 Å². The normalized spacial score (nSPS) is 14.2. The molecule has 0 aromatic rings. The Morgan fingerprint density at radius 2 is 1.25 bits per heavy atom. The Morgan fingerprint density at radius 3 is 1.50 bits per heavy atom. The Kier molecular flexibility index (Phi) is 5.84. The van der Waals surface area contributed by atoms with Crippen LogP contribution in [0.1, 0.15) is 20.8 Å². The summed E-state index contributed by atoms with van der Waals surface area (Å²) in [6.45, 7) is 11.0. The maximum Gasteiger partial charge on any atom is 0.525 e. The molecule has 0 bridgehead atoms. The minimum atomic E-state index is -2.59. The minimum Gasteiger partial charge on any atom is -0.412 e. The molecule has 98 valence electrons. The second-order valence-corrected chi connectivity index (χ2v) is 13.0. The highest BCUT2D eigenvalue weighted by Gasteiger charge is 2.44. The first kappa shape index (κ1) is 16.3. The van der Waals surface area contributed by atoms with Gasteiger partial charge in [-0.1, -0.05) is 20.8 Å². The topological polar surface area (TPSA) is 36.9 Å². The van der Waals surface area contributed by atoms with Gasteiger partial charge in [-0.3, -0.25) is 0 Å². The molecule has 0 aliphatic carbocycles. The summed E-state index contributed by atoms with van der Waals surface area (Å²) in [5, 5.41) is 0.183. The SMILES string of the molecule is CO[Si](CO[Si](C)(C)C(C)(C)C)(OC)OC. The summed E-state index contributed by atoms with van der Waals surface area (Å²) in [6, 6.07) is 0. The fourth-order valence-electron chi connectivity index (χ4n) is 0.912. The lowest BCUT2D eigenvalue weighted by atomic mass is 10.2. The van der Waals surface area contributed by atoms with E-state index in [0.29, 0.717) is 6.23 Å². The Labute approximate surface area is 102 Å². The largest absolute Gasteiger partial charge is 0.525 e. The molecule has 0 spiro atoms. The molecule has 0 aliphatic heterocycles. The summed E-state index contributed by atoms with van der Waals surface area (Å²) in [6.07, 6.45) is 0.424. The fourth-order valence-corrected chi connectivity index (χ4v) is 4.35. The maximum absolute atomic E-state index is 6.06. The summed E-state index contributed by atoms with van der Waals surface area (Å²) < 4.78 is 22.1. The highest BCUT2D eigenvalue weighted by atomic mass is 28.4. The van der Waals surface area contributed by atoms with Crippen LogP contribution in [0, 0.1) is 0 Å². The highest BCUT2D eigenvalue weighted by molar-refractivity contribution is 6.75. The predicted molar refractivity (Wildman–Crippen MR) is 69.9 cm³/mol. The molecular weight excluding hydrogens is 240 g/mol. The molecule has 0 unspecified atom stereocenters. The van der Waals surface area contributed by atoms with E-state index >= 15 is 0 Å². The molecule has 0 aliphatic rings. The summed E-state index contributed by atoms with van der Waals surface area (Å²) in [5.41, 5.74) is 0. The lowest BCUT2D eigenvalue weighted by Crippen LogP contribution is -2.53. The van der Waals surface area contributed by atoms with E-state index in [0.717, 1.165) is 0 Å². The zero-order valence-corrected chi connectivity index (χ0v) is 13.8. The smallest absolute Gasteiger partial charge is 0.412 e. The Hall–Kier alpha value is 0.274. The van der Waals surface area contributed by atoms with Crippen LogP contribution >= 0.6 is 0 Å². The van der Waals surface area contributed by atoms with Crippen molar-refractivity contribution >= 4 is 17.1 Å². The predicted octanol–water partition coefficient (Wildman–Crippen LogP) is 2.43. The van der Waals surface area contributed by atoms with Crippen molar-refractivity contribution in [2.45, 2.75) is 38.9 Å². The first-order valence-corrected chi connectivity index (χ1v) is 10.3. The molecule has 4 nitrogen and oxygen atoms in total. The lowest BCUT2D eigenvalue weighted by Gasteiger charge is -2.38. The zero-order chi connectivity index (χ0) is 13.0. The van der Waals surface area contributed by atoms with E-state index in [2.05, 4.69) is 33.9 Å². The van der Waals surface area contributed by atoms with Gasteiger partial charge in [0.15, 0.2) is 8.32 Å². The third kappa shape index (κ3) is 3.94. The first-order valence-electron chi connectivity index (χ1n) is 5.43. The molecule has 0 rings (SSSR count). The molecule has 16 heavy (non-hydrogen) atoms. The molecule has 0 fully saturated rings. The summed E-state index contributed by atoms with van der Waals surface area (Å²) >= 11 is 0. The standard InChI is InChI=1S/C10H26O4Si2/c1-10(2,3)15(7,8)14-9-16(11-4,12-5)13-6/h9H2,1-8H3. The van der Waals surface area contributed by atoms with Gasteiger partial charge in [-0.05, 0) is 18.1 Å². The van der Waals surface area contributed by atoms with Gasteiger partial charge >= 0.3 is 8.80 Å². The number of hydrogen-bond donors (Lipinski definition) is 0. The molecule has 0 heterocycles. The van der Waals surface area contributed by atoms with Crippen LogP contribution in [-0.4, -0.2) is 44.7 Å². The summed E-state index contributed by atoms with van der Waals surface area (Å²) in [7, 11) is 0.454. The monoisotopic (exact) mass is 266 g/mol. The first-order chi connectivity index (χ1) is 7.14. The van der Waals surface area contributed by atoms with E-state index in [-0.39, 0.29) is 5.04 Å². The second-order valence-electron chi connectivity index (χ2n) is 5.34. The van der Waals surface area contributed by atoms with E-state index in [1.807, 2.05) is 0 Å². The van der Waals surface area contributed by atoms with E-state index < -0.39 is 17.1 Å². The van der Waals surface area contributed by atoms with Crippen LogP contribution in [0.4, 0.5) is 0 Å². The molecule has 0 aromatic carbocycles. The van der Waals surface area contributed by atoms with Gasteiger partial charge in [0.25, 0.3) is 0 Å². The molecule has 0 saturated heterocycles. The van der Waals surface area contributed by atoms with Gasteiger partial charge < -0.3 is 17.7 Å². The van der Waals surface area contributed by atoms with Crippen molar-refractivity contribution in [1.29, 1.82) is 0 Å². The van der Waals surface area contributed by atoms with Crippen molar-refractivity contribution in [3.8, 4) is 0 Å². The maximum atomic E-state index is 6.06. The van der Waals surface area contributed by atoms with Crippen molar-refractivity contribution in [3.05, 3.63) is 0 Å². The van der Waals surface area contributed by atoms with Crippen molar-refractivity contribution in [2.24, 2.45) is 0 Å². The van der Waals surface area contributed by atoms with E-state index in [4.69, 9.17) is 17.7 Å². The molecule has 0 saturated carbocycles. The van der Waals surface area contributed by atoms with Crippen LogP contribution in [0.2, 0.25) is 18.1 Å². The van der Waals surface area contributed by atoms with Gasteiger partial charge in [0.05, 0.1) is 0 Å². The molecule has 0 atom stereocenters. The van der Waals surface area contributed by atoms with Gasteiger partial charge in [-0.2, -0.15) is 0 Å². The average Bonchev–Trinajstić information content (AvgIpc) is 2.19.